The van der Waals surface area contributed by atoms with E-state index in [0.29, 0.717) is 18.0 Å². The van der Waals surface area contributed by atoms with Crippen LogP contribution in [0.25, 0.3) is 0 Å². The van der Waals surface area contributed by atoms with Crippen LogP contribution < -0.4 is 10.1 Å². The first-order chi connectivity index (χ1) is 9.13. The van der Waals surface area contributed by atoms with Gasteiger partial charge in [-0.1, -0.05) is 12.1 Å². The van der Waals surface area contributed by atoms with E-state index in [4.69, 9.17) is 4.74 Å². The maximum Gasteiger partial charge on any atom is 0.256 e. The van der Waals surface area contributed by atoms with Gasteiger partial charge >= 0.3 is 0 Å². The lowest BCUT2D eigenvalue weighted by Crippen LogP contribution is -2.13. The van der Waals surface area contributed by atoms with Crippen molar-refractivity contribution >= 4 is 22.9 Å². The number of thiophene rings is 1. The lowest BCUT2D eigenvalue weighted by molar-refractivity contribution is 0.102. The lowest BCUT2D eigenvalue weighted by Gasteiger charge is -2.11. The Morgan fingerprint density at radius 3 is 2.68 bits per heavy atom. The van der Waals surface area contributed by atoms with Crippen LogP contribution in [0, 0.1) is 13.8 Å². The fourth-order valence-corrected chi connectivity index (χ4v) is 2.64. The standard InChI is InChI=1S/C15H17NO2S/c1-4-18-14-8-6-5-7-13(14)16-15(17)12-9-19-11(3)10(12)2/h5-9H,4H2,1-3H3,(H,16,17). The molecule has 100 valence electrons. The summed E-state index contributed by atoms with van der Waals surface area (Å²) in [5, 5.41) is 4.80. The van der Waals surface area contributed by atoms with Gasteiger partial charge in [0.1, 0.15) is 5.75 Å². The molecule has 0 aliphatic carbocycles. The summed E-state index contributed by atoms with van der Waals surface area (Å²) >= 11 is 1.59. The smallest absolute Gasteiger partial charge is 0.256 e. The molecular weight excluding hydrogens is 258 g/mol. The first-order valence-corrected chi connectivity index (χ1v) is 7.09. The van der Waals surface area contributed by atoms with Crippen LogP contribution in [0.15, 0.2) is 29.6 Å². The molecule has 3 nitrogen and oxygen atoms in total. The second kappa shape index (κ2) is 5.89. The molecule has 0 saturated heterocycles. The number of hydrogen-bond donors (Lipinski definition) is 1. The topological polar surface area (TPSA) is 38.3 Å². The van der Waals surface area contributed by atoms with E-state index in [0.717, 1.165) is 11.1 Å². The molecule has 0 aliphatic rings. The third-order valence-electron chi connectivity index (χ3n) is 2.97. The van der Waals surface area contributed by atoms with Crippen molar-refractivity contribution in [1.29, 1.82) is 0 Å². The van der Waals surface area contributed by atoms with Crippen molar-refractivity contribution in [2.24, 2.45) is 0 Å². The van der Waals surface area contributed by atoms with Crippen molar-refractivity contribution in [2.45, 2.75) is 20.8 Å². The Morgan fingerprint density at radius 1 is 1.32 bits per heavy atom. The van der Waals surface area contributed by atoms with Crippen LogP contribution in [0.4, 0.5) is 5.69 Å². The maximum absolute atomic E-state index is 12.2. The van der Waals surface area contributed by atoms with Gasteiger partial charge in [0, 0.05) is 10.3 Å². The highest BCUT2D eigenvalue weighted by molar-refractivity contribution is 7.10. The zero-order valence-electron chi connectivity index (χ0n) is 11.3. The van der Waals surface area contributed by atoms with Gasteiger partial charge in [-0.15, -0.1) is 11.3 Å². The van der Waals surface area contributed by atoms with E-state index in [-0.39, 0.29) is 5.91 Å². The third kappa shape index (κ3) is 2.96. The highest BCUT2D eigenvalue weighted by atomic mass is 32.1. The molecule has 2 aromatic rings. The van der Waals surface area contributed by atoms with Gasteiger partial charge in [0.2, 0.25) is 0 Å². The summed E-state index contributed by atoms with van der Waals surface area (Å²) in [6.07, 6.45) is 0. The molecule has 1 heterocycles. The molecule has 19 heavy (non-hydrogen) atoms. The minimum Gasteiger partial charge on any atom is -0.492 e. The fraction of sp³-hybridized carbons (Fsp3) is 0.267. The predicted molar refractivity (Wildman–Crippen MR) is 79.4 cm³/mol. The highest BCUT2D eigenvalue weighted by Crippen LogP contribution is 2.26. The molecule has 0 spiro atoms. The first-order valence-electron chi connectivity index (χ1n) is 6.21. The molecule has 1 aromatic heterocycles. The summed E-state index contributed by atoms with van der Waals surface area (Å²) < 4.78 is 5.50. The third-order valence-corrected chi connectivity index (χ3v) is 3.98. The molecule has 1 amide bonds. The average molecular weight is 275 g/mol. The number of anilines is 1. The second-order valence-corrected chi connectivity index (χ2v) is 5.30. The first kappa shape index (κ1) is 13.6. The molecule has 1 N–H and O–H groups in total. The van der Waals surface area contributed by atoms with Crippen molar-refractivity contribution in [3.63, 3.8) is 0 Å². The zero-order chi connectivity index (χ0) is 13.8. The van der Waals surface area contributed by atoms with Gasteiger partial charge < -0.3 is 10.1 Å². The molecule has 0 saturated carbocycles. The van der Waals surface area contributed by atoms with Crippen molar-refractivity contribution in [2.75, 3.05) is 11.9 Å². The number of aryl methyl sites for hydroxylation is 1. The molecule has 0 atom stereocenters. The molecule has 0 fully saturated rings. The van der Waals surface area contributed by atoms with Crippen LogP contribution in [-0.2, 0) is 0 Å². The van der Waals surface area contributed by atoms with E-state index in [2.05, 4.69) is 5.32 Å². The number of ether oxygens (including phenoxy) is 1. The van der Waals surface area contributed by atoms with E-state index in [1.54, 1.807) is 11.3 Å². The number of hydrogen-bond acceptors (Lipinski definition) is 3. The largest absolute Gasteiger partial charge is 0.492 e. The van der Waals surface area contributed by atoms with E-state index < -0.39 is 0 Å². The Hall–Kier alpha value is -1.81. The molecule has 0 aliphatic heterocycles. The van der Waals surface area contributed by atoms with E-state index in [9.17, 15) is 4.79 Å². The summed E-state index contributed by atoms with van der Waals surface area (Å²) in [7, 11) is 0. The van der Waals surface area contributed by atoms with Gasteiger partial charge in [0.05, 0.1) is 17.9 Å². The fourth-order valence-electron chi connectivity index (χ4n) is 1.78. The molecule has 0 radical (unpaired) electrons. The second-order valence-electron chi connectivity index (χ2n) is 4.21. The average Bonchev–Trinajstić information content (AvgIpc) is 2.73. The van der Waals surface area contributed by atoms with Crippen LogP contribution in [-0.4, -0.2) is 12.5 Å². The number of carbonyl (C=O) groups is 1. The zero-order valence-corrected chi connectivity index (χ0v) is 12.1. The van der Waals surface area contributed by atoms with E-state index in [1.807, 2.05) is 50.4 Å². The lowest BCUT2D eigenvalue weighted by atomic mass is 10.1. The van der Waals surface area contributed by atoms with Crippen LogP contribution in [0.3, 0.4) is 0 Å². The van der Waals surface area contributed by atoms with Gasteiger partial charge in [-0.25, -0.2) is 0 Å². The van der Waals surface area contributed by atoms with Crippen molar-refractivity contribution in [3.8, 4) is 5.75 Å². The van der Waals surface area contributed by atoms with Crippen LogP contribution in [0.1, 0.15) is 27.7 Å². The Morgan fingerprint density at radius 2 is 2.05 bits per heavy atom. The van der Waals surface area contributed by atoms with Crippen LogP contribution in [0.5, 0.6) is 5.75 Å². The van der Waals surface area contributed by atoms with Gasteiger partial charge in [0.15, 0.2) is 0 Å². The minimum absolute atomic E-state index is 0.0889. The molecule has 4 heteroatoms. The van der Waals surface area contributed by atoms with Gasteiger partial charge in [-0.05, 0) is 38.5 Å². The van der Waals surface area contributed by atoms with Crippen molar-refractivity contribution < 1.29 is 9.53 Å². The number of rotatable bonds is 4. The Bertz CT molecular complexity index is 590. The molecule has 0 bridgehead atoms. The van der Waals surface area contributed by atoms with E-state index in [1.165, 1.54) is 4.88 Å². The highest BCUT2D eigenvalue weighted by Gasteiger charge is 2.14. The Balaban J connectivity index is 2.22. The summed E-state index contributed by atoms with van der Waals surface area (Å²) in [5.74, 6) is 0.608. The number of benzene rings is 1. The van der Waals surface area contributed by atoms with Crippen LogP contribution >= 0.6 is 11.3 Å². The summed E-state index contributed by atoms with van der Waals surface area (Å²) in [5.41, 5.74) is 2.47. The van der Waals surface area contributed by atoms with Gasteiger partial charge in [-0.3, -0.25) is 4.79 Å². The summed E-state index contributed by atoms with van der Waals surface area (Å²) in [6, 6.07) is 7.47. The Kier molecular flexibility index (Phi) is 4.22. The molecule has 1 aromatic carbocycles. The maximum atomic E-state index is 12.2. The van der Waals surface area contributed by atoms with Gasteiger partial charge in [0.25, 0.3) is 5.91 Å². The minimum atomic E-state index is -0.0889. The van der Waals surface area contributed by atoms with Crippen molar-refractivity contribution in [3.05, 3.63) is 45.6 Å². The summed E-state index contributed by atoms with van der Waals surface area (Å²) in [6.45, 7) is 6.48. The normalized spacial score (nSPS) is 10.3. The van der Waals surface area contributed by atoms with Gasteiger partial charge in [-0.2, -0.15) is 0 Å². The number of amides is 1. The van der Waals surface area contributed by atoms with E-state index >= 15 is 0 Å². The van der Waals surface area contributed by atoms with Crippen LogP contribution in [0.2, 0.25) is 0 Å². The molecule has 0 unspecified atom stereocenters. The molecule has 2 rings (SSSR count). The quantitative estimate of drug-likeness (QED) is 0.915. The Labute approximate surface area is 117 Å². The van der Waals surface area contributed by atoms with Crippen molar-refractivity contribution in [1.82, 2.24) is 0 Å². The SMILES string of the molecule is CCOc1ccccc1NC(=O)c1csc(C)c1C. The molecular formula is C15H17NO2S. The predicted octanol–water partition coefficient (Wildman–Crippen LogP) is 4.02. The monoisotopic (exact) mass is 275 g/mol. The number of nitrogens with one attached hydrogen (secondary N) is 1. The number of carbonyl (C=O) groups excluding carboxylic acids is 1. The number of para-hydroxylation sites is 2. The summed E-state index contributed by atoms with van der Waals surface area (Å²) in [4.78, 5) is 13.4.